The van der Waals surface area contributed by atoms with Gasteiger partial charge in [0.2, 0.25) is 10.0 Å². The standard InChI is InChI=1S/C28H30ClN3O3S2/c1-28(2,30-17-26(33)22-13-14-23(29)24(15-22)32-37(3,34)35)16-19-9-11-20(12-10-19)25-18-36-27(31-25)21-7-5-4-6-8-21/h4-15,18,26,30,32-33H,16-17H2,1-3H3. The quantitative estimate of drug-likeness (QED) is 0.218. The van der Waals surface area contributed by atoms with Crippen LogP contribution < -0.4 is 10.0 Å². The molecule has 3 N–H and O–H groups in total. The number of aromatic nitrogens is 1. The average Bonchev–Trinajstić information content (AvgIpc) is 3.34. The van der Waals surface area contributed by atoms with Crippen LogP contribution in [0.15, 0.2) is 78.2 Å². The Bertz CT molecular complexity index is 1450. The lowest BCUT2D eigenvalue weighted by Gasteiger charge is -2.28. The van der Waals surface area contributed by atoms with Gasteiger partial charge >= 0.3 is 0 Å². The molecule has 3 aromatic carbocycles. The summed E-state index contributed by atoms with van der Waals surface area (Å²) in [6.07, 6.45) is 0.984. The summed E-state index contributed by atoms with van der Waals surface area (Å²) in [6.45, 7) is 4.46. The molecule has 0 saturated heterocycles. The highest BCUT2D eigenvalue weighted by Gasteiger charge is 2.21. The summed E-state index contributed by atoms with van der Waals surface area (Å²) in [7, 11) is -3.48. The summed E-state index contributed by atoms with van der Waals surface area (Å²) in [6, 6.07) is 23.4. The second kappa shape index (κ2) is 11.3. The summed E-state index contributed by atoms with van der Waals surface area (Å²) >= 11 is 7.74. The summed E-state index contributed by atoms with van der Waals surface area (Å²) in [5.41, 5.74) is 4.85. The molecule has 1 unspecified atom stereocenters. The first kappa shape index (κ1) is 27.3. The molecule has 37 heavy (non-hydrogen) atoms. The predicted octanol–water partition coefficient (Wildman–Crippen LogP) is 6.15. The number of aliphatic hydroxyl groups excluding tert-OH is 1. The third kappa shape index (κ3) is 7.63. The Morgan fingerprint density at radius 2 is 1.73 bits per heavy atom. The van der Waals surface area contributed by atoms with Gasteiger partial charge in [-0.05, 0) is 43.5 Å². The Morgan fingerprint density at radius 3 is 2.41 bits per heavy atom. The highest BCUT2D eigenvalue weighted by atomic mass is 35.5. The van der Waals surface area contributed by atoms with E-state index in [1.807, 2.05) is 18.2 Å². The van der Waals surface area contributed by atoms with Crippen molar-refractivity contribution in [3.8, 4) is 21.8 Å². The van der Waals surface area contributed by atoms with Gasteiger partial charge in [-0.25, -0.2) is 13.4 Å². The van der Waals surface area contributed by atoms with E-state index in [9.17, 15) is 13.5 Å². The minimum Gasteiger partial charge on any atom is -0.387 e. The van der Waals surface area contributed by atoms with E-state index in [1.165, 1.54) is 5.56 Å². The van der Waals surface area contributed by atoms with Crippen molar-refractivity contribution in [2.24, 2.45) is 0 Å². The molecular weight excluding hydrogens is 526 g/mol. The van der Waals surface area contributed by atoms with E-state index in [4.69, 9.17) is 16.6 Å². The van der Waals surface area contributed by atoms with E-state index in [0.29, 0.717) is 12.1 Å². The third-order valence-electron chi connectivity index (χ3n) is 5.87. The van der Waals surface area contributed by atoms with E-state index >= 15 is 0 Å². The Balaban J connectivity index is 1.36. The Hall–Kier alpha value is -2.75. The van der Waals surface area contributed by atoms with Crippen LogP contribution in [0.25, 0.3) is 21.8 Å². The molecule has 1 atom stereocenters. The number of sulfonamides is 1. The summed E-state index contributed by atoms with van der Waals surface area (Å²) in [5.74, 6) is 0. The van der Waals surface area contributed by atoms with Crippen molar-refractivity contribution in [3.05, 3.63) is 94.3 Å². The molecule has 1 heterocycles. The SMILES string of the molecule is CC(C)(Cc1ccc(-c2csc(-c3ccccc3)n2)cc1)NCC(O)c1ccc(Cl)c(NS(C)(=O)=O)c1. The summed E-state index contributed by atoms with van der Waals surface area (Å²) < 4.78 is 25.5. The first-order valence-electron chi connectivity index (χ1n) is 11.8. The fraction of sp³-hybridized carbons (Fsp3) is 0.250. The molecule has 0 aliphatic heterocycles. The highest BCUT2D eigenvalue weighted by molar-refractivity contribution is 7.92. The maximum atomic E-state index is 11.6. The van der Waals surface area contributed by atoms with Crippen LogP contribution in [-0.4, -0.2) is 36.8 Å². The number of aliphatic hydroxyl groups is 1. The maximum absolute atomic E-state index is 11.6. The predicted molar refractivity (Wildman–Crippen MR) is 154 cm³/mol. The van der Waals surface area contributed by atoms with Crippen molar-refractivity contribution in [2.45, 2.75) is 31.9 Å². The van der Waals surface area contributed by atoms with Crippen LogP contribution in [0.4, 0.5) is 5.69 Å². The number of anilines is 1. The molecule has 0 bridgehead atoms. The largest absolute Gasteiger partial charge is 0.387 e. The van der Waals surface area contributed by atoms with Crippen molar-refractivity contribution < 1.29 is 13.5 Å². The number of nitrogens with zero attached hydrogens (tertiary/aromatic N) is 1. The second-order valence-corrected chi connectivity index (χ2v) is 12.7. The summed E-state index contributed by atoms with van der Waals surface area (Å²) in [4.78, 5) is 4.80. The van der Waals surface area contributed by atoms with Gasteiger partial charge in [0.15, 0.2) is 0 Å². The van der Waals surface area contributed by atoms with Crippen LogP contribution in [0.1, 0.15) is 31.1 Å². The number of rotatable bonds is 10. The number of β-amino-alcohol motifs (C(OH)–C–C–N with tert-alkyl or cyclic N) is 1. The first-order chi connectivity index (χ1) is 17.5. The smallest absolute Gasteiger partial charge is 0.229 e. The zero-order valence-corrected chi connectivity index (χ0v) is 23.3. The molecule has 0 aliphatic carbocycles. The van der Waals surface area contributed by atoms with Crippen LogP contribution >= 0.6 is 22.9 Å². The van der Waals surface area contributed by atoms with E-state index < -0.39 is 16.1 Å². The van der Waals surface area contributed by atoms with E-state index in [1.54, 1.807) is 29.5 Å². The Kier molecular flexibility index (Phi) is 8.36. The van der Waals surface area contributed by atoms with Crippen molar-refractivity contribution in [2.75, 3.05) is 17.5 Å². The first-order valence-corrected chi connectivity index (χ1v) is 14.9. The minimum atomic E-state index is -3.48. The maximum Gasteiger partial charge on any atom is 0.229 e. The molecular formula is C28H30ClN3O3S2. The lowest BCUT2D eigenvalue weighted by Crippen LogP contribution is -2.43. The average molecular weight is 556 g/mol. The van der Waals surface area contributed by atoms with Crippen LogP contribution in [0, 0.1) is 0 Å². The molecule has 0 fully saturated rings. The zero-order chi connectivity index (χ0) is 26.6. The van der Waals surface area contributed by atoms with Gasteiger partial charge in [0.05, 0.1) is 28.8 Å². The molecule has 0 saturated carbocycles. The Labute approximate surface area is 227 Å². The van der Waals surface area contributed by atoms with Gasteiger partial charge in [-0.1, -0.05) is 72.3 Å². The van der Waals surface area contributed by atoms with Crippen LogP contribution in [-0.2, 0) is 16.4 Å². The van der Waals surface area contributed by atoms with Gasteiger partial charge < -0.3 is 10.4 Å². The molecule has 6 nitrogen and oxygen atoms in total. The van der Waals surface area contributed by atoms with Gasteiger partial charge in [-0.3, -0.25) is 4.72 Å². The van der Waals surface area contributed by atoms with Crippen molar-refractivity contribution >= 4 is 38.6 Å². The van der Waals surface area contributed by atoms with Crippen molar-refractivity contribution in [1.82, 2.24) is 10.3 Å². The number of hydrogen-bond donors (Lipinski definition) is 3. The zero-order valence-electron chi connectivity index (χ0n) is 20.9. The van der Waals surface area contributed by atoms with E-state index in [2.05, 4.69) is 65.7 Å². The van der Waals surface area contributed by atoms with Gasteiger partial charge in [-0.2, -0.15) is 0 Å². The molecule has 1 aromatic heterocycles. The number of hydrogen-bond acceptors (Lipinski definition) is 6. The molecule has 0 spiro atoms. The molecule has 0 radical (unpaired) electrons. The van der Waals surface area contributed by atoms with E-state index in [0.717, 1.165) is 34.5 Å². The number of thiazole rings is 1. The molecule has 4 rings (SSSR count). The third-order valence-corrected chi connectivity index (χ3v) is 7.68. The van der Waals surface area contributed by atoms with Crippen molar-refractivity contribution in [1.29, 1.82) is 0 Å². The summed E-state index contributed by atoms with van der Waals surface area (Å²) in [5, 5.41) is 17.5. The number of halogens is 1. The monoisotopic (exact) mass is 555 g/mol. The normalized spacial score (nSPS) is 12.9. The lowest BCUT2D eigenvalue weighted by atomic mass is 9.93. The van der Waals surface area contributed by atoms with Crippen LogP contribution in [0.5, 0.6) is 0 Å². The highest BCUT2D eigenvalue weighted by Crippen LogP contribution is 2.30. The van der Waals surface area contributed by atoms with Gasteiger partial charge in [0, 0.05) is 28.6 Å². The molecule has 0 amide bonds. The molecule has 9 heteroatoms. The second-order valence-electron chi connectivity index (χ2n) is 9.67. The van der Waals surface area contributed by atoms with Crippen LogP contribution in [0.3, 0.4) is 0 Å². The Morgan fingerprint density at radius 1 is 1.03 bits per heavy atom. The van der Waals surface area contributed by atoms with Gasteiger partial charge in [0.25, 0.3) is 0 Å². The molecule has 0 aliphatic rings. The number of nitrogens with one attached hydrogen (secondary N) is 2. The fourth-order valence-electron chi connectivity index (χ4n) is 4.00. The lowest BCUT2D eigenvalue weighted by molar-refractivity contribution is 0.161. The van der Waals surface area contributed by atoms with E-state index in [-0.39, 0.29) is 16.2 Å². The molecule has 194 valence electrons. The van der Waals surface area contributed by atoms with Gasteiger partial charge in [-0.15, -0.1) is 11.3 Å². The van der Waals surface area contributed by atoms with Crippen molar-refractivity contribution in [3.63, 3.8) is 0 Å². The minimum absolute atomic E-state index is 0.246. The van der Waals surface area contributed by atoms with Gasteiger partial charge in [0.1, 0.15) is 5.01 Å². The fourth-order valence-corrected chi connectivity index (χ4v) is 5.63. The van der Waals surface area contributed by atoms with Crippen LogP contribution in [0.2, 0.25) is 5.02 Å². The number of benzene rings is 3. The molecule has 4 aromatic rings. The topological polar surface area (TPSA) is 91.3 Å².